The van der Waals surface area contributed by atoms with Crippen LogP contribution in [0.25, 0.3) is 0 Å². The van der Waals surface area contributed by atoms with Crippen LogP contribution in [0, 0.1) is 0 Å². The fourth-order valence-electron chi connectivity index (χ4n) is 1.15. The molecule has 1 heteroatoms. The highest BCUT2D eigenvalue weighted by Gasteiger charge is 2.07. The van der Waals surface area contributed by atoms with E-state index in [-0.39, 0.29) is 0 Å². The van der Waals surface area contributed by atoms with Gasteiger partial charge < -0.3 is 0 Å². The van der Waals surface area contributed by atoms with E-state index in [9.17, 15) is 0 Å². The van der Waals surface area contributed by atoms with Gasteiger partial charge in [0.1, 0.15) is 0 Å². The number of hydrogen-bond donors (Lipinski definition) is 0. The quantitative estimate of drug-likeness (QED) is 0.569. The highest BCUT2D eigenvalue weighted by Crippen LogP contribution is 2.14. The second-order valence-corrected chi connectivity index (χ2v) is 2.48. The van der Waals surface area contributed by atoms with Crippen LogP contribution in [-0.4, -0.2) is 12.3 Å². The molecule has 1 aliphatic heterocycles. The Morgan fingerprint density at radius 2 is 2.55 bits per heavy atom. The Morgan fingerprint density at radius 3 is 3.18 bits per heavy atom. The smallest absolute Gasteiger partial charge is 0.0746 e. The SMILES string of the molecule is C=C/C=C1/C=CC=NC1CC. The zero-order valence-electron chi connectivity index (χ0n) is 6.83. The third-order valence-electron chi connectivity index (χ3n) is 1.72. The summed E-state index contributed by atoms with van der Waals surface area (Å²) in [6.07, 6.45) is 10.8. The van der Waals surface area contributed by atoms with Crippen LogP contribution < -0.4 is 0 Å². The van der Waals surface area contributed by atoms with Crippen molar-refractivity contribution in [2.75, 3.05) is 0 Å². The van der Waals surface area contributed by atoms with E-state index in [1.807, 2.05) is 24.4 Å². The molecule has 0 spiro atoms. The normalized spacial score (nSPS) is 25.9. The van der Waals surface area contributed by atoms with Gasteiger partial charge in [0, 0.05) is 6.21 Å². The van der Waals surface area contributed by atoms with Crippen molar-refractivity contribution in [2.45, 2.75) is 19.4 Å². The van der Waals surface area contributed by atoms with Gasteiger partial charge in [-0.3, -0.25) is 4.99 Å². The van der Waals surface area contributed by atoms with Gasteiger partial charge in [-0.1, -0.05) is 31.7 Å². The Kier molecular flexibility index (Phi) is 2.84. The molecule has 1 atom stereocenters. The van der Waals surface area contributed by atoms with Crippen molar-refractivity contribution in [1.82, 2.24) is 0 Å². The average Bonchev–Trinajstić information content (AvgIpc) is 2.06. The fourth-order valence-corrected chi connectivity index (χ4v) is 1.15. The zero-order valence-corrected chi connectivity index (χ0v) is 6.83. The number of aliphatic imine (C=N–C) groups is 1. The Hall–Kier alpha value is -1.11. The van der Waals surface area contributed by atoms with Crippen LogP contribution in [0.3, 0.4) is 0 Å². The molecule has 0 aromatic rings. The van der Waals surface area contributed by atoms with Gasteiger partial charge in [-0.2, -0.15) is 0 Å². The third kappa shape index (κ3) is 1.90. The molecule has 0 radical (unpaired) electrons. The van der Waals surface area contributed by atoms with E-state index in [0.29, 0.717) is 6.04 Å². The summed E-state index contributed by atoms with van der Waals surface area (Å²) in [7, 11) is 0. The first-order chi connectivity index (χ1) is 5.38. The maximum absolute atomic E-state index is 4.32. The molecule has 58 valence electrons. The van der Waals surface area contributed by atoms with Gasteiger partial charge in [-0.25, -0.2) is 0 Å². The van der Waals surface area contributed by atoms with E-state index in [1.54, 1.807) is 0 Å². The minimum atomic E-state index is 0.345. The predicted molar refractivity (Wildman–Crippen MR) is 50.0 cm³/mol. The van der Waals surface area contributed by atoms with Crippen LogP contribution in [0.15, 0.2) is 41.4 Å². The lowest BCUT2D eigenvalue weighted by molar-refractivity contribution is 0.757. The van der Waals surface area contributed by atoms with Crippen LogP contribution in [0.2, 0.25) is 0 Å². The lowest BCUT2D eigenvalue weighted by atomic mass is 10.0. The molecule has 0 fully saturated rings. The molecule has 0 aliphatic carbocycles. The minimum Gasteiger partial charge on any atom is -0.285 e. The Bertz CT molecular complexity index is 221. The van der Waals surface area contributed by atoms with Gasteiger partial charge in [0.2, 0.25) is 0 Å². The lowest BCUT2D eigenvalue weighted by Gasteiger charge is -2.12. The second kappa shape index (κ2) is 3.91. The van der Waals surface area contributed by atoms with Crippen molar-refractivity contribution in [3.8, 4) is 0 Å². The topological polar surface area (TPSA) is 12.4 Å². The Morgan fingerprint density at radius 1 is 1.73 bits per heavy atom. The van der Waals surface area contributed by atoms with Gasteiger partial charge in [-0.15, -0.1) is 0 Å². The number of dihydropyridines is 1. The molecule has 1 aliphatic rings. The van der Waals surface area contributed by atoms with Gasteiger partial charge in [0.05, 0.1) is 6.04 Å². The number of hydrogen-bond acceptors (Lipinski definition) is 1. The summed E-state index contributed by atoms with van der Waals surface area (Å²) in [5.41, 5.74) is 1.25. The molecule has 0 N–H and O–H groups in total. The lowest BCUT2D eigenvalue weighted by Crippen LogP contribution is -2.07. The molecule has 0 aromatic carbocycles. The Balaban J connectivity index is 2.78. The fraction of sp³-hybridized carbons (Fsp3) is 0.300. The molecule has 0 aromatic heterocycles. The first-order valence-electron chi connectivity index (χ1n) is 3.91. The summed E-state index contributed by atoms with van der Waals surface area (Å²) >= 11 is 0. The van der Waals surface area contributed by atoms with E-state index in [4.69, 9.17) is 0 Å². The standard InChI is InChI=1S/C10H13N/c1-3-6-9-7-5-8-11-10(9)4-2/h3,5-8,10H,1,4H2,2H3/b9-6-. The molecule has 0 saturated heterocycles. The van der Waals surface area contributed by atoms with Crippen molar-refractivity contribution in [3.05, 3.63) is 36.5 Å². The molecule has 0 bridgehead atoms. The minimum absolute atomic E-state index is 0.345. The average molecular weight is 147 g/mol. The van der Waals surface area contributed by atoms with E-state index in [2.05, 4.69) is 24.6 Å². The first kappa shape index (κ1) is 7.99. The van der Waals surface area contributed by atoms with Crippen molar-refractivity contribution in [1.29, 1.82) is 0 Å². The third-order valence-corrected chi connectivity index (χ3v) is 1.72. The number of rotatable bonds is 2. The summed E-state index contributed by atoms with van der Waals surface area (Å²) in [6.45, 7) is 5.80. The zero-order chi connectivity index (χ0) is 8.10. The molecule has 1 unspecified atom stereocenters. The molecule has 1 rings (SSSR count). The largest absolute Gasteiger partial charge is 0.285 e. The predicted octanol–water partition coefficient (Wildman–Crippen LogP) is 2.52. The van der Waals surface area contributed by atoms with Gasteiger partial charge in [0.25, 0.3) is 0 Å². The maximum atomic E-state index is 4.32. The van der Waals surface area contributed by atoms with E-state index in [0.717, 1.165) is 6.42 Å². The van der Waals surface area contributed by atoms with Crippen LogP contribution in [-0.2, 0) is 0 Å². The number of allylic oxidation sites excluding steroid dienone is 3. The summed E-state index contributed by atoms with van der Waals surface area (Å²) < 4.78 is 0. The second-order valence-electron chi connectivity index (χ2n) is 2.48. The molecule has 11 heavy (non-hydrogen) atoms. The molecule has 1 heterocycles. The van der Waals surface area contributed by atoms with Gasteiger partial charge in [-0.05, 0) is 18.1 Å². The van der Waals surface area contributed by atoms with Crippen molar-refractivity contribution in [3.63, 3.8) is 0 Å². The summed E-state index contributed by atoms with van der Waals surface area (Å²) in [5, 5.41) is 0. The van der Waals surface area contributed by atoms with Crippen molar-refractivity contribution in [2.24, 2.45) is 4.99 Å². The van der Waals surface area contributed by atoms with Crippen LogP contribution in [0.1, 0.15) is 13.3 Å². The first-order valence-corrected chi connectivity index (χ1v) is 3.91. The van der Waals surface area contributed by atoms with E-state index < -0.39 is 0 Å². The monoisotopic (exact) mass is 147 g/mol. The van der Waals surface area contributed by atoms with Crippen molar-refractivity contribution >= 4 is 6.21 Å². The van der Waals surface area contributed by atoms with E-state index in [1.165, 1.54) is 5.57 Å². The van der Waals surface area contributed by atoms with Gasteiger partial charge in [0.15, 0.2) is 0 Å². The van der Waals surface area contributed by atoms with Crippen LogP contribution in [0.4, 0.5) is 0 Å². The maximum Gasteiger partial charge on any atom is 0.0746 e. The molecular formula is C10H13N. The highest BCUT2D eigenvalue weighted by atomic mass is 14.8. The number of nitrogens with zero attached hydrogens (tertiary/aromatic N) is 1. The van der Waals surface area contributed by atoms with Crippen molar-refractivity contribution < 1.29 is 0 Å². The van der Waals surface area contributed by atoms with Crippen LogP contribution in [0.5, 0.6) is 0 Å². The molecule has 1 nitrogen and oxygen atoms in total. The Labute approximate surface area is 67.8 Å². The molecular weight excluding hydrogens is 134 g/mol. The molecule has 0 amide bonds. The van der Waals surface area contributed by atoms with Gasteiger partial charge >= 0.3 is 0 Å². The summed E-state index contributed by atoms with van der Waals surface area (Å²) in [5.74, 6) is 0. The summed E-state index contributed by atoms with van der Waals surface area (Å²) in [4.78, 5) is 4.32. The summed E-state index contributed by atoms with van der Waals surface area (Å²) in [6, 6.07) is 0.345. The van der Waals surface area contributed by atoms with E-state index >= 15 is 0 Å². The van der Waals surface area contributed by atoms with Crippen LogP contribution >= 0.6 is 0 Å². The molecule has 0 saturated carbocycles. The highest BCUT2D eigenvalue weighted by molar-refractivity contribution is 5.74.